The summed E-state index contributed by atoms with van der Waals surface area (Å²) in [5.41, 5.74) is -0.550. The largest absolute Gasteiger partial charge is 0.390 e. The van der Waals surface area contributed by atoms with Gasteiger partial charge in [-0.25, -0.2) is 0 Å². The van der Waals surface area contributed by atoms with E-state index in [2.05, 4.69) is 16.7 Å². The van der Waals surface area contributed by atoms with E-state index in [1.54, 1.807) is 0 Å². The van der Waals surface area contributed by atoms with E-state index in [4.69, 9.17) is 0 Å². The van der Waals surface area contributed by atoms with Crippen molar-refractivity contribution in [1.82, 2.24) is 9.80 Å². The van der Waals surface area contributed by atoms with Gasteiger partial charge in [-0.15, -0.1) is 0 Å². The molecule has 1 unspecified atom stereocenters. The number of rotatable bonds is 4. The van der Waals surface area contributed by atoms with Gasteiger partial charge in [0.25, 0.3) is 0 Å². The van der Waals surface area contributed by atoms with Crippen LogP contribution in [-0.2, 0) is 4.79 Å². The van der Waals surface area contributed by atoms with Crippen LogP contribution in [0.4, 0.5) is 0 Å². The lowest BCUT2D eigenvalue weighted by Crippen LogP contribution is -2.46. The highest BCUT2D eigenvalue weighted by Gasteiger charge is 2.28. The minimum atomic E-state index is -0.550. The first kappa shape index (κ1) is 16.8. The first-order valence-electron chi connectivity index (χ1n) is 8.76. The molecule has 1 aliphatic heterocycles. The van der Waals surface area contributed by atoms with Gasteiger partial charge in [0.1, 0.15) is 0 Å². The number of aliphatic hydroxyl groups is 1. The Morgan fingerprint density at radius 3 is 2.57 bits per heavy atom. The molecule has 0 spiro atoms. The van der Waals surface area contributed by atoms with Gasteiger partial charge >= 0.3 is 0 Å². The number of likely N-dealkylation sites (tertiary alicyclic amines) is 1. The fourth-order valence-electron chi connectivity index (χ4n) is 3.79. The summed E-state index contributed by atoms with van der Waals surface area (Å²) in [6, 6.07) is 0.464. The third kappa shape index (κ3) is 4.96. The van der Waals surface area contributed by atoms with Gasteiger partial charge in [0, 0.05) is 19.1 Å². The molecule has 1 saturated carbocycles. The summed E-state index contributed by atoms with van der Waals surface area (Å²) in [6.45, 7) is 7.14. The maximum Gasteiger partial charge on any atom is 0.236 e. The summed E-state index contributed by atoms with van der Waals surface area (Å²) in [5.74, 6) is 0.283. The molecular formula is C17H32N2O2. The number of hydrogen-bond acceptors (Lipinski definition) is 3. The van der Waals surface area contributed by atoms with Crippen LogP contribution in [0.5, 0.6) is 0 Å². The minimum Gasteiger partial charge on any atom is -0.390 e. The molecule has 1 aliphatic carbocycles. The van der Waals surface area contributed by atoms with Gasteiger partial charge in [0.15, 0.2) is 0 Å². The Kier molecular flexibility index (Phi) is 6.06. The molecule has 0 aromatic rings. The van der Waals surface area contributed by atoms with Crippen molar-refractivity contribution < 1.29 is 9.90 Å². The SMILES string of the molecule is CCN(C(=O)CN1CCCC(C)(O)CC1)C1CCCCC1. The number of nitrogens with zero attached hydrogens (tertiary/aromatic N) is 2. The number of amides is 1. The van der Waals surface area contributed by atoms with E-state index in [9.17, 15) is 9.90 Å². The van der Waals surface area contributed by atoms with Gasteiger partial charge < -0.3 is 10.0 Å². The zero-order chi connectivity index (χ0) is 15.3. The van der Waals surface area contributed by atoms with Gasteiger partial charge in [-0.2, -0.15) is 0 Å². The fourth-order valence-corrected chi connectivity index (χ4v) is 3.79. The van der Waals surface area contributed by atoms with Crippen molar-refractivity contribution >= 4 is 5.91 Å². The van der Waals surface area contributed by atoms with Gasteiger partial charge in [0.2, 0.25) is 5.91 Å². The monoisotopic (exact) mass is 296 g/mol. The summed E-state index contributed by atoms with van der Waals surface area (Å²) in [6.07, 6.45) is 8.80. The molecule has 0 bridgehead atoms. The van der Waals surface area contributed by atoms with Crippen LogP contribution < -0.4 is 0 Å². The zero-order valence-electron chi connectivity index (χ0n) is 13.8. The molecule has 0 aromatic carbocycles. The third-order valence-corrected chi connectivity index (χ3v) is 5.19. The van der Waals surface area contributed by atoms with E-state index >= 15 is 0 Å². The standard InChI is InChI=1S/C17H32N2O2/c1-3-19(15-8-5-4-6-9-15)16(20)14-18-12-7-10-17(2,21)11-13-18/h15,21H,3-14H2,1-2H3. The quantitative estimate of drug-likeness (QED) is 0.866. The molecule has 4 nitrogen and oxygen atoms in total. The lowest BCUT2D eigenvalue weighted by molar-refractivity contribution is -0.135. The van der Waals surface area contributed by atoms with Crippen LogP contribution in [0.15, 0.2) is 0 Å². The molecule has 1 heterocycles. The van der Waals surface area contributed by atoms with Crippen molar-refractivity contribution in [3.63, 3.8) is 0 Å². The summed E-state index contributed by atoms with van der Waals surface area (Å²) >= 11 is 0. The van der Waals surface area contributed by atoms with E-state index in [-0.39, 0.29) is 5.91 Å². The van der Waals surface area contributed by atoms with Crippen molar-refractivity contribution in [1.29, 1.82) is 0 Å². The zero-order valence-corrected chi connectivity index (χ0v) is 13.8. The highest BCUT2D eigenvalue weighted by molar-refractivity contribution is 5.78. The molecule has 21 heavy (non-hydrogen) atoms. The second kappa shape index (κ2) is 7.59. The lowest BCUT2D eigenvalue weighted by Gasteiger charge is -2.35. The molecule has 122 valence electrons. The average molecular weight is 296 g/mol. The molecule has 1 saturated heterocycles. The predicted octanol–water partition coefficient (Wildman–Crippen LogP) is 2.40. The van der Waals surface area contributed by atoms with E-state index in [1.807, 2.05) is 6.92 Å². The predicted molar refractivity (Wildman–Crippen MR) is 85.2 cm³/mol. The number of hydrogen-bond donors (Lipinski definition) is 1. The van der Waals surface area contributed by atoms with Crippen molar-refractivity contribution in [2.45, 2.75) is 76.9 Å². The van der Waals surface area contributed by atoms with Gasteiger partial charge in [-0.3, -0.25) is 9.69 Å². The van der Waals surface area contributed by atoms with Crippen LogP contribution in [0.1, 0.15) is 65.2 Å². The summed E-state index contributed by atoms with van der Waals surface area (Å²) in [7, 11) is 0. The number of carbonyl (C=O) groups is 1. The topological polar surface area (TPSA) is 43.8 Å². The Bertz CT molecular complexity index is 338. The molecule has 4 heteroatoms. The van der Waals surface area contributed by atoms with Crippen LogP contribution in [0, 0.1) is 0 Å². The van der Waals surface area contributed by atoms with E-state index < -0.39 is 5.60 Å². The molecule has 2 fully saturated rings. The average Bonchev–Trinajstić information content (AvgIpc) is 2.62. The molecule has 1 atom stereocenters. The Morgan fingerprint density at radius 1 is 1.19 bits per heavy atom. The van der Waals surface area contributed by atoms with Crippen molar-refractivity contribution in [2.75, 3.05) is 26.2 Å². The Hall–Kier alpha value is -0.610. The lowest BCUT2D eigenvalue weighted by atomic mass is 9.94. The fraction of sp³-hybridized carbons (Fsp3) is 0.941. The maximum atomic E-state index is 12.6. The normalized spacial score (nSPS) is 29.1. The van der Waals surface area contributed by atoms with Gasteiger partial charge in [-0.1, -0.05) is 19.3 Å². The smallest absolute Gasteiger partial charge is 0.236 e. The summed E-state index contributed by atoms with van der Waals surface area (Å²) in [4.78, 5) is 17.0. The highest BCUT2D eigenvalue weighted by atomic mass is 16.3. The second-order valence-electron chi connectivity index (χ2n) is 7.10. The van der Waals surface area contributed by atoms with E-state index in [0.29, 0.717) is 12.6 Å². The second-order valence-corrected chi connectivity index (χ2v) is 7.10. The molecule has 1 amide bonds. The Morgan fingerprint density at radius 2 is 1.90 bits per heavy atom. The first-order valence-corrected chi connectivity index (χ1v) is 8.76. The van der Waals surface area contributed by atoms with Crippen LogP contribution in [0.25, 0.3) is 0 Å². The number of likely N-dealkylation sites (N-methyl/N-ethyl adjacent to an activating group) is 1. The van der Waals surface area contributed by atoms with Gasteiger partial charge in [0.05, 0.1) is 12.1 Å². The minimum absolute atomic E-state index is 0.283. The summed E-state index contributed by atoms with van der Waals surface area (Å²) in [5, 5.41) is 10.1. The Labute approximate surface area is 129 Å². The van der Waals surface area contributed by atoms with E-state index in [1.165, 1.54) is 32.1 Å². The van der Waals surface area contributed by atoms with Crippen molar-refractivity contribution in [3.05, 3.63) is 0 Å². The van der Waals surface area contributed by atoms with E-state index in [0.717, 1.165) is 38.9 Å². The molecule has 0 aromatic heterocycles. The molecule has 2 aliphatic rings. The van der Waals surface area contributed by atoms with Crippen LogP contribution in [0.2, 0.25) is 0 Å². The molecule has 2 rings (SSSR count). The summed E-state index contributed by atoms with van der Waals surface area (Å²) < 4.78 is 0. The van der Waals surface area contributed by atoms with Crippen molar-refractivity contribution in [2.24, 2.45) is 0 Å². The van der Waals surface area contributed by atoms with Crippen LogP contribution >= 0.6 is 0 Å². The molecular weight excluding hydrogens is 264 g/mol. The highest BCUT2D eigenvalue weighted by Crippen LogP contribution is 2.24. The third-order valence-electron chi connectivity index (χ3n) is 5.19. The molecule has 1 N–H and O–H groups in total. The van der Waals surface area contributed by atoms with Crippen LogP contribution in [-0.4, -0.2) is 58.6 Å². The van der Waals surface area contributed by atoms with Crippen molar-refractivity contribution in [3.8, 4) is 0 Å². The van der Waals surface area contributed by atoms with Crippen LogP contribution in [0.3, 0.4) is 0 Å². The first-order chi connectivity index (χ1) is 10.0. The Balaban J connectivity index is 1.86. The molecule has 0 radical (unpaired) electrons. The number of carbonyl (C=O) groups excluding carboxylic acids is 1. The maximum absolute atomic E-state index is 12.6. The van der Waals surface area contributed by atoms with Gasteiger partial charge in [-0.05, 0) is 52.5 Å².